The molecule has 0 N–H and O–H groups in total. The van der Waals surface area contributed by atoms with Crippen LogP contribution in [-0.2, 0) is 19.6 Å². The Kier molecular flexibility index (Phi) is 6.10. The van der Waals surface area contributed by atoms with Crippen molar-refractivity contribution in [1.29, 1.82) is 0 Å². The number of aromatic nitrogens is 1. The summed E-state index contributed by atoms with van der Waals surface area (Å²) in [6.07, 6.45) is 0.998. The molecule has 0 spiro atoms. The van der Waals surface area contributed by atoms with Gasteiger partial charge < -0.3 is 14.4 Å². The Bertz CT molecular complexity index is 1110. The van der Waals surface area contributed by atoms with Gasteiger partial charge in [-0.1, -0.05) is 18.2 Å². The highest BCUT2D eigenvalue weighted by atomic mass is 32.1. The quantitative estimate of drug-likeness (QED) is 0.571. The lowest BCUT2D eigenvalue weighted by Gasteiger charge is -2.35. The average molecular weight is 450 g/mol. The van der Waals surface area contributed by atoms with Gasteiger partial charge in [-0.15, -0.1) is 11.3 Å². The number of thiazole rings is 1. The van der Waals surface area contributed by atoms with Crippen molar-refractivity contribution in [3.8, 4) is 11.5 Å². The molecule has 1 aromatic heterocycles. The van der Waals surface area contributed by atoms with Crippen LogP contribution in [0.3, 0.4) is 0 Å². The number of hydrogen-bond acceptors (Lipinski definition) is 6. The van der Waals surface area contributed by atoms with Gasteiger partial charge >= 0.3 is 0 Å². The molecule has 0 radical (unpaired) electrons. The number of fused-ring (bicyclic) bond motifs is 1. The molecule has 2 aromatic carbocycles. The molecule has 0 bridgehead atoms. The molecule has 0 aliphatic carbocycles. The predicted octanol–water partition coefficient (Wildman–Crippen LogP) is 3.92. The van der Waals surface area contributed by atoms with Crippen molar-refractivity contribution >= 4 is 17.2 Å². The molecule has 3 aromatic rings. The first-order valence-electron chi connectivity index (χ1n) is 11.0. The molecule has 5 rings (SSSR count). The molecule has 2 aliphatic rings. The Morgan fingerprint density at radius 2 is 2.03 bits per heavy atom. The van der Waals surface area contributed by atoms with Gasteiger partial charge in [-0.25, -0.2) is 4.98 Å². The Hall–Kier alpha value is -2.90. The Balaban J connectivity index is 1.15. The van der Waals surface area contributed by atoms with E-state index in [1.165, 1.54) is 11.1 Å². The van der Waals surface area contributed by atoms with E-state index in [0.29, 0.717) is 17.9 Å². The van der Waals surface area contributed by atoms with Crippen LogP contribution in [0.15, 0.2) is 47.8 Å². The van der Waals surface area contributed by atoms with Crippen LogP contribution in [0.4, 0.5) is 0 Å². The molecule has 6 nitrogen and oxygen atoms in total. The van der Waals surface area contributed by atoms with Crippen molar-refractivity contribution in [2.75, 3.05) is 32.8 Å². The number of hydrogen-bond donors (Lipinski definition) is 0. The number of ether oxygens (including phenoxy) is 2. The normalized spacial score (nSPS) is 16.0. The minimum Gasteiger partial charge on any atom is -0.493 e. The van der Waals surface area contributed by atoms with Crippen molar-refractivity contribution < 1.29 is 14.3 Å². The molecule has 0 atom stereocenters. The molecule has 0 unspecified atom stereocenters. The lowest BCUT2D eigenvalue weighted by atomic mass is 10.1. The second-order valence-electron chi connectivity index (χ2n) is 8.28. The molecule has 3 heterocycles. The highest BCUT2D eigenvalue weighted by molar-refractivity contribution is 7.09. The number of carbonyl (C=O) groups excluding carboxylic acids is 1. The van der Waals surface area contributed by atoms with Gasteiger partial charge in [0.1, 0.15) is 18.1 Å². The van der Waals surface area contributed by atoms with Gasteiger partial charge in [0.05, 0.1) is 17.3 Å². The van der Waals surface area contributed by atoms with E-state index in [4.69, 9.17) is 9.47 Å². The molecule has 166 valence electrons. The highest BCUT2D eigenvalue weighted by Crippen LogP contribution is 2.26. The summed E-state index contributed by atoms with van der Waals surface area (Å²) in [5.41, 5.74) is 4.21. The summed E-state index contributed by atoms with van der Waals surface area (Å²) < 4.78 is 11.5. The summed E-state index contributed by atoms with van der Waals surface area (Å²) in [6, 6.07) is 14.0. The summed E-state index contributed by atoms with van der Waals surface area (Å²) in [5, 5.41) is 3.03. The molecule has 7 heteroatoms. The van der Waals surface area contributed by atoms with Gasteiger partial charge in [0, 0.05) is 50.1 Å². The van der Waals surface area contributed by atoms with E-state index in [1.807, 2.05) is 41.5 Å². The zero-order chi connectivity index (χ0) is 21.9. The number of benzene rings is 2. The van der Waals surface area contributed by atoms with Crippen molar-refractivity contribution in [1.82, 2.24) is 14.8 Å². The van der Waals surface area contributed by atoms with Crippen LogP contribution >= 0.6 is 11.3 Å². The lowest BCUT2D eigenvalue weighted by molar-refractivity contribution is 0.0628. The average Bonchev–Trinajstić information content (AvgIpc) is 3.46. The second kappa shape index (κ2) is 9.30. The van der Waals surface area contributed by atoms with Gasteiger partial charge in [0.2, 0.25) is 0 Å². The third-order valence-corrected chi connectivity index (χ3v) is 6.78. The van der Waals surface area contributed by atoms with E-state index in [0.717, 1.165) is 62.2 Å². The third kappa shape index (κ3) is 4.79. The van der Waals surface area contributed by atoms with Crippen LogP contribution < -0.4 is 9.47 Å². The van der Waals surface area contributed by atoms with Crippen LogP contribution in [-0.4, -0.2) is 53.5 Å². The molecule has 32 heavy (non-hydrogen) atoms. The highest BCUT2D eigenvalue weighted by Gasteiger charge is 2.23. The van der Waals surface area contributed by atoms with Gasteiger partial charge in [0.25, 0.3) is 5.91 Å². The van der Waals surface area contributed by atoms with E-state index in [1.54, 1.807) is 11.3 Å². The standard InChI is InChI=1S/C25H27N3O3S/c1-18-26-22(17-32-18)16-31-23-4-2-3-21(14-23)25(29)28-10-8-27(9-11-28)15-19-5-6-24-20(13-19)7-12-30-24/h2-6,13-14,17H,7-12,15-16H2,1H3. The smallest absolute Gasteiger partial charge is 0.254 e. The zero-order valence-electron chi connectivity index (χ0n) is 18.3. The fourth-order valence-electron chi connectivity index (χ4n) is 4.24. The van der Waals surface area contributed by atoms with Crippen LogP contribution in [0.25, 0.3) is 0 Å². The molecular formula is C25H27N3O3S. The molecule has 1 fully saturated rings. The maximum Gasteiger partial charge on any atom is 0.254 e. The van der Waals surface area contributed by atoms with Crippen molar-refractivity contribution in [2.45, 2.75) is 26.5 Å². The van der Waals surface area contributed by atoms with Gasteiger partial charge in [-0.05, 0) is 42.3 Å². The minimum atomic E-state index is 0.0642. The third-order valence-electron chi connectivity index (χ3n) is 5.95. The fourth-order valence-corrected chi connectivity index (χ4v) is 4.84. The summed E-state index contributed by atoms with van der Waals surface area (Å²) >= 11 is 1.61. The van der Waals surface area contributed by atoms with E-state index >= 15 is 0 Å². The van der Waals surface area contributed by atoms with E-state index < -0.39 is 0 Å². The molecule has 2 aliphatic heterocycles. The minimum absolute atomic E-state index is 0.0642. The van der Waals surface area contributed by atoms with E-state index in [2.05, 4.69) is 28.1 Å². The first-order valence-corrected chi connectivity index (χ1v) is 11.9. The topological polar surface area (TPSA) is 54.9 Å². The first-order chi connectivity index (χ1) is 15.6. The van der Waals surface area contributed by atoms with Crippen molar-refractivity contribution in [3.63, 3.8) is 0 Å². The summed E-state index contributed by atoms with van der Waals surface area (Å²) in [4.78, 5) is 21.8. The van der Waals surface area contributed by atoms with Gasteiger partial charge in [-0.2, -0.15) is 0 Å². The Morgan fingerprint density at radius 3 is 2.84 bits per heavy atom. The maximum atomic E-state index is 13.0. The zero-order valence-corrected chi connectivity index (χ0v) is 19.1. The molecule has 1 saturated heterocycles. The van der Waals surface area contributed by atoms with E-state index in [9.17, 15) is 4.79 Å². The number of rotatable bonds is 6. The van der Waals surface area contributed by atoms with Crippen LogP contribution in [0.2, 0.25) is 0 Å². The Labute approximate surface area is 192 Å². The number of piperazine rings is 1. The SMILES string of the molecule is Cc1nc(COc2cccc(C(=O)N3CCN(Cc4ccc5c(c4)CCO5)CC3)c2)cs1. The van der Waals surface area contributed by atoms with Gasteiger partial charge in [-0.3, -0.25) is 9.69 Å². The largest absolute Gasteiger partial charge is 0.493 e. The summed E-state index contributed by atoms with van der Waals surface area (Å²) in [5.74, 6) is 1.78. The Morgan fingerprint density at radius 1 is 1.16 bits per heavy atom. The van der Waals surface area contributed by atoms with E-state index in [-0.39, 0.29) is 5.91 Å². The summed E-state index contributed by atoms with van der Waals surface area (Å²) in [6.45, 7) is 7.30. The second-order valence-corrected chi connectivity index (χ2v) is 9.35. The first kappa shape index (κ1) is 21.0. The van der Waals surface area contributed by atoms with Crippen molar-refractivity contribution in [2.24, 2.45) is 0 Å². The molecular weight excluding hydrogens is 422 g/mol. The number of nitrogens with zero attached hydrogens (tertiary/aromatic N) is 3. The predicted molar refractivity (Wildman–Crippen MR) is 124 cm³/mol. The van der Waals surface area contributed by atoms with Crippen LogP contribution in [0.5, 0.6) is 11.5 Å². The van der Waals surface area contributed by atoms with Gasteiger partial charge in [0.15, 0.2) is 0 Å². The van der Waals surface area contributed by atoms with Crippen LogP contribution in [0.1, 0.15) is 32.2 Å². The monoisotopic (exact) mass is 449 g/mol. The molecule has 0 saturated carbocycles. The number of amides is 1. The molecule has 1 amide bonds. The summed E-state index contributed by atoms with van der Waals surface area (Å²) in [7, 11) is 0. The number of carbonyl (C=O) groups is 1. The number of aryl methyl sites for hydroxylation is 1. The van der Waals surface area contributed by atoms with Crippen molar-refractivity contribution in [3.05, 3.63) is 75.2 Å². The lowest BCUT2D eigenvalue weighted by Crippen LogP contribution is -2.48. The fraction of sp³-hybridized carbons (Fsp3) is 0.360. The van der Waals surface area contributed by atoms with Crippen LogP contribution in [0, 0.1) is 6.92 Å². The maximum absolute atomic E-state index is 13.0.